The van der Waals surface area contributed by atoms with E-state index in [1.165, 1.54) is 0 Å². The van der Waals surface area contributed by atoms with Gasteiger partial charge in [-0.2, -0.15) is 5.10 Å². The molecule has 27 heavy (non-hydrogen) atoms. The molecular weight excluding hydrogens is 344 g/mol. The number of aromatic nitrogens is 2. The van der Waals surface area contributed by atoms with E-state index in [-0.39, 0.29) is 23.9 Å². The lowest BCUT2D eigenvalue weighted by atomic mass is 10.2. The van der Waals surface area contributed by atoms with Crippen molar-refractivity contribution in [2.45, 2.75) is 19.4 Å². The number of hydrogen-bond donors (Lipinski definition) is 1. The van der Waals surface area contributed by atoms with Crippen molar-refractivity contribution in [3.63, 3.8) is 0 Å². The van der Waals surface area contributed by atoms with Crippen LogP contribution in [0, 0.1) is 0 Å². The van der Waals surface area contributed by atoms with Crippen LogP contribution in [0.4, 0.5) is 11.4 Å². The molecule has 1 fully saturated rings. The van der Waals surface area contributed by atoms with Gasteiger partial charge in [0.1, 0.15) is 6.54 Å². The molecule has 1 saturated heterocycles. The predicted molar refractivity (Wildman–Crippen MR) is 103 cm³/mol. The van der Waals surface area contributed by atoms with Gasteiger partial charge in [-0.25, -0.2) is 4.68 Å². The van der Waals surface area contributed by atoms with E-state index in [4.69, 9.17) is 0 Å². The molecule has 0 aliphatic carbocycles. The Morgan fingerprint density at radius 3 is 2.67 bits per heavy atom. The molecule has 1 aromatic heterocycles. The molecule has 0 radical (unpaired) electrons. The lowest BCUT2D eigenvalue weighted by Gasteiger charge is -2.20. The maximum atomic E-state index is 12.5. The van der Waals surface area contributed by atoms with Crippen LogP contribution < -0.4 is 15.8 Å². The number of carbonyl (C=O) groups is 2. The van der Waals surface area contributed by atoms with Crippen molar-refractivity contribution in [3.05, 3.63) is 65.1 Å². The van der Waals surface area contributed by atoms with Crippen LogP contribution in [-0.2, 0) is 16.1 Å². The van der Waals surface area contributed by atoms with Gasteiger partial charge in [0.2, 0.25) is 11.8 Å². The van der Waals surface area contributed by atoms with Gasteiger partial charge in [0.15, 0.2) is 0 Å². The molecule has 7 nitrogen and oxygen atoms in total. The molecule has 7 heteroatoms. The van der Waals surface area contributed by atoms with Gasteiger partial charge in [-0.3, -0.25) is 14.4 Å². The maximum absolute atomic E-state index is 12.5. The zero-order valence-corrected chi connectivity index (χ0v) is 14.6. The Balaban J connectivity index is 1.57. The summed E-state index contributed by atoms with van der Waals surface area (Å²) in [7, 11) is 0. The van der Waals surface area contributed by atoms with Gasteiger partial charge < -0.3 is 10.2 Å². The van der Waals surface area contributed by atoms with Gasteiger partial charge in [-0.15, -0.1) is 0 Å². The smallest absolute Gasteiger partial charge is 0.275 e. The predicted octanol–water partition coefficient (Wildman–Crippen LogP) is 2.16. The van der Waals surface area contributed by atoms with Gasteiger partial charge in [0.05, 0.1) is 23.0 Å². The molecule has 0 atom stereocenters. The third kappa shape index (κ3) is 3.31. The van der Waals surface area contributed by atoms with Gasteiger partial charge in [0, 0.05) is 18.4 Å². The van der Waals surface area contributed by atoms with Crippen LogP contribution >= 0.6 is 0 Å². The monoisotopic (exact) mass is 362 g/mol. The van der Waals surface area contributed by atoms with Crippen LogP contribution in [0.2, 0.25) is 0 Å². The molecule has 0 saturated carbocycles. The molecule has 1 aliphatic heterocycles. The maximum Gasteiger partial charge on any atom is 0.275 e. The lowest BCUT2D eigenvalue weighted by Crippen LogP contribution is -2.30. The van der Waals surface area contributed by atoms with Crippen LogP contribution in [0.3, 0.4) is 0 Å². The molecule has 4 rings (SSSR count). The zero-order chi connectivity index (χ0) is 18.8. The first kappa shape index (κ1) is 17.0. The van der Waals surface area contributed by atoms with E-state index in [2.05, 4.69) is 10.4 Å². The highest BCUT2D eigenvalue weighted by Gasteiger charge is 2.24. The molecule has 1 aliphatic rings. The van der Waals surface area contributed by atoms with Crippen molar-refractivity contribution in [2.75, 3.05) is 16.8 Å². The summed E-state index contributed by atoms with van der Waals surface area (Å²) < 4.78 is 1.14. The number of anilines is 2. The number of benzene rings is 2. The first-order chi connectivity index (χ1) is 13.1. The molecule has 2 amide bonds. The molecule has 0 bridgehead atoms. The number of carbonyl (C=O) groups excluding carboxylic acids is 2. The fourth-order valence-electron chi connectivity index (χ4n) is 3.28. The van der Waals surface area contributed by atoms with Crippen LogP contribution in [0.1, 0.15) is 12.8 Å². The topological polar surface area (TPSA) is 84.3 Å². The van der Waals surface area contributed by atoms with Crippen LogP contribution in [-0.4, -0.2) is 28.1 Å². The average molecular weight is 362 g/mol. The summed E-state index contributed by atoms with van der Waals surface area (Å²) in [6.45, 7) is 0.434. The van der Waals surface area contributed by atoms with Gasteiger partial charge in [-0.05, 0) is 24.6 Å². The Labute approximate surface area is 155 Å². The van der Waals surface area contributed by atoms with Crippen molar-refractivity contribution >= 4 is 34.0 Å². The van der Waals surface area contributed by atoms with Gasteiger partial charge in [-0.1, -0.05) is 30.3 Å². The van der Waals surface area contributed by atoms with Crippen molar-refractivity contribution in [2.24, 2.45) is 0 Å². The van der Waals surface area contributed by atoms with E-state index < -0.39 is 0 Å². The van der Waals surface area contributed by atoms with Gasteiger partial charge >= 0.3 is 0 Å². The highest BCUT2D eigenvalue weighted by Crippen LogP contribution is 2.29. The minimum absolute atomic E-state index is 0.0455. The summed E-state index contributed by atoms with van der Waals surface area (Å²) in [5.41, 5.74) is 0.907. The SMILES string of the molecule is O=C(Cn1ncc2ccccc2c1=O)Nc1ccccc1N1CCCC1=O. The van der Waals surface area contributed by atoms with E-state index in [1.54, 1.807) is 47.5 Å². The van der Waals surface area contributed by atoms with E-state index in [9.17, 15) is 14.4 Å². The summed E-state index contributed by atoms with van der Waals surface area (Å²) in [5.74, 6) is -0.330. The third-order valence-electron chi connectivity index (χ3n) is 4.60. The number of rotatable bonds is 4. The fourth-order valence-corrected chi connectivity index (χ4v) is 3.28. The summed E-state index contributed by atoms with van der Waals surface area (Å²) in [4.78, 5) is 38.7. The molecule has 2 aromatic carbocycles. The molecule has 0 spiro atoms. The van der Waals surface area contributed by atoms with Gasteiger partial charge in [0.25, 0.3) is 5.56 Å². The Kier molecular flexibility index (Phi) is 4.42. The van der Waals surface area contributed by atoms with Crippen molar-refractivity contribution in [1.29, 1.82) is 0 Å². The summed E-state index contributed by atoms with van der Waals surface area (Å²) >= 11 is 0. The van der Waals surface area contributed by atoms with Crippen molar-refractivity contribution in [1.82, 2.24) is 9.78 Å². The second-order valence-corrected chi connectivity index (χ2v) is 6.41. The Hall–Kier alpha value is -3.48. The Morgan fingerprint density at radius 2 is 1.85 bits per heavy atom. The minimum Gasteiger partial charge on any atom is -0.323 e. The quantitative estimate of drug-likeness (QED) is 0.771. The summed E-state index contributed by atoms with van der Waals surface area (Å²) in [5, 5.41) is 8.13. The van der Waals surface area contributed by atoms with Crippen LogP contribution in [0.25, 0.3) is 10.8 Å². The van der Waals surface area contributed by atoms with E-state index in [0.717, 1.165) is 16.5 Å². The Bertz CT molecular complexity index is 1090. The molecule has 1 N–H and O–H groups in total. The molecule has 0 unspecified atom stereocenters. The number of nitrogens with one attached hydrogen (secondary N) is 1. The second kappa shape index (κ2) is 7.03. The number of hydrogen-bond acceptors (Lipinski definition) is 4. The number of fused-ring (bicyclic) bond motifs is 1. The third-order valence-corrected chi connectivity index (χ3v) is 4.60. The summed E-state index contributed by atoms with van der Waals surface area (Å²) in [6, 6.07) is 14.3. The Morgan fingerprint density at radius 1 is 1.07 bits per heavy atom. The number of amides is 2. The van der Waals surface area contributed by atoms with Crippen LogP contribution in [0.5, 0.6) is 0 Å². The van der Waals surface area contributed by atoms with Crippen molar-refractivity contribution < 1.29 is 9.59 Å². The highest BCUT2D eigenvalue weighted by molar-refractivity contribution is 6.02. The molecular formula is C20H18N4O3. The highest BCUT2D eigenvalue weighted by atomic mass is 16.2. The zero-order valence-electron chi connectivity index (χ0n) is 14.6. The van der Waals surface area contributed by atoms with E-state index >= 15 is 0 Å². The van der Waals surface area contributed by atoms with Crippen LogP contribution in [0.15, 0.2) is 59.5 Å². The first-order valence-corrected chi connectivity index (χ1v) is 8.77. The van der Waals surface area contributed by atoms with Crippen molar-refractivity contribution in [3.8, 4) is 0 Å². The second-order valence-electron chi connectivity index (χ2n) is 6.41. The molecule has 3 aromatic rings. The number of para-hydroxylation sites is 2. The minimum atomic E-state index is -0.376. The first-order valence-electron chi connectivity index (χ1n) is 8.77. The largest absolute Gasteiger partial charge is 0.323 e. The van der Waals surface area contributed by atoms with E-state index in [0.29, 0.717) is 29.7 Å². The average Bonchev–Trinajstić information content (AvgIpc) is 3.10. The standard InChI is InChI=1S/C20H18N4O3/c25-18(13-24-20(27)15-7-2-1-6-14(15)12-21-24)22-16-8-3-4-9-17(16)23-11-5-10-19(23)26/h1-4,6-9,12H,5,10-11,13H2,(H,22,25). The molecule has 2 heterocycles. The van der Waals surface area contributed by atoms with E-state index in [1.807, 2.05) is 12.1 Å². The number of nitrogens with zero attached hydrogens (tertiary/aromatic N) is 3. The normalized spacial score (nSPS) is 13.9. The fraction of sp³-hybridized carbons (Fsp3) is 0.200. The molecule has 136 valence electrons. The summed E-state index contributed by atoms with van der Waals surface area (Å²) in [6.07, 6.45) is 2.89. The lowest BCUT2D eigenvalue weighted by molar-refractivity contribution is -0.118.